The van der Waals surface area contributed by atoms with Crippen molar-refractivity contribution in [3.05, 3.63) is 0 Å². The molecule has 0 aromatic rings. The smallest absolute Gasteiger partial charge is 0.801 e. The summed E-state index contributed by atoms with van der Waals surface area (Å²) in [6, 6.07) is 0. The van der Waals surface area contributed by atoms with Crippen LogP contribution in [0.15, 0.2) is 0 Å². The van der Waals surface area contributed by atoms with Crippen molar-refractivity contribution >= 4 is 41.4 Å². The van der Waals surface area contributed by atoms with Crippen LogP contribution in [0.1, 0.15) is 178 Å². The molecule has 0 saturated heterocycles. The molecule has 0 radical (unpaired) electrons. The minimum atomic E-state index is -2.62. The zero-order valence-corrected chi connectivity index (χ0v) is 31.9. The summed E-state index contributed by atoms with van der Waals surface area (Å²) in [4.78, 5) is 33.3. The van der Waals surface area contributed by atoms with Crippen LogP contribution in [0.25, 0.3) is 0 Å². The quantitative estimate of drug-likeness (QED) is 0.0914. The fourth-order valence-corrected chi connectivity index (χ4v) is 6.67. The molecule has 0 aliphatic heterocycles. The zero-order valence-electron chi connectivity index (χ0n) is 27.8. The van der Waals surface area contributed by atoms with E-state index in [4.69, 9.17) is 0 Å². The minimum absolute atomic E-state index is 0. The van der Waals surface area contributed by atoms with Crippen molar-refractivity contribution in [3.63, 3.8) is 0 Å². The molecule has 0 aliphatic carbocycles. The van der Waals surface area contributed by atoms with E-state index in [1.54, 1.807) is 0 Å². The topological polar surface area (TPSA) is 120 Å². The van der Waals surface area contributed by atoms with Crippen LogP contribution < -0.4 is 14.7 Å². The van der Waals surface area contributed by atoms with Crippen LogP contribution in [-0.4, -0.2) is 32.8 Å². The molecular weight excluding hydrogens is 576 g/mol. The van der Waals surface area contributed by atoms with Crippen LogP contribution in [0.5, 0.6) is 0 Å². The van der Waals surface area contributed by atoms with Crippen molar-refractivity contribution in [1.29, 1.82) is 0 Å². The van der Waals surface area contributed by atoms with E-state index >= 15 is 0 Å². The normalized spacial score (nSPS) is 14.1. The van der Waals surface area contributed by atoms with Crippen molar-refractivity contribution in [3.8, 4) is 0 Å². The molecule has 40 heavy (non-hydrogen) atoms. The maximum atomic E-state index is 11.1. The first-order valence-electron chi connectivity index (χ1n) is 15.8. The molecule has 3 unspecified atom stereocenters. The fraction of sp³-hybridized carbons (Fsp3) is 1.00. The Labute approximate surface area is 262 Å². The SMILES string of the molecule is CCCCC(C)(CCCC)[PH](=O)[O-].CCCCC(C)(CCCC)[PH](=O)[O-].CCCCC(C)(CCCC)[PH](=O)[O-].[Al+3]. The summed E-state index contributed by atoms with van der Waals surface area (Å²) >= 11 is 0. The summed E-state index contributed by atoms with van der Waals surface area (Å²) in [5, 5.41) is -1.22. The van der Waals surface area contributed by atoms with Gasteiger partial charge >= 0.3 is 17.4 Å². The third-order valence-electron chi connectivity index (χ3n) is 7.97. The molecule has 0 fully saturated rings. The van der Waals surface area contributed by atoms with Crippen molar-refractivity contribution in [2.24, 2.45) is 0 Å². The Kier molecular flexibility index (Phi) is 34.6. The second kappa shape index (κ2) is 28.8. The second-order valence-electron chi connectivity index (χ2n) is 12.2. The average Bonchev–Trinajstić information content (AvgIpc) is 2.90. The number of unbranched alkanes of at least 4 members (excludes halogenated alkanes) is 6. The molecule has 0 rings (SSSR count). The van der Waals surface area contributed by atoms with Crippen LogP contribution in [0.3, 0.4) is 0 Å². The fourth-order valence-electron chi connectivity index (χ4n) is 4.39. The first-order valence-corrected chi connectivity index (χ1v) is 19.8. The van der Waals surface area contributed by atoms with E-state index in [2.05, 4.69) is 41.5 Å². The van der Waals surface area contributed by atoms with E-state index in [-0.39, 0.29) is 17.4 Å². The van der Waals surface area contributed by atoms with E-state index < -0.39 is 39.6 Å². The van der Waals surface area contributed by atoms with Gasteiger partial charge < -0.3 is 28.4 Å². The summed E-state index contributed by atoms with van der Waals surface area (Å²) < 4.78 is 33.3. The van der Waals surface area contributed by atoms with Gasteiger partial charge in [-0.25, -0.2) is 0 Å². The van der Waals surface area contributed by atoms with E-state index in [9.17, 15) is 28.4 Å². The monoisotopic (exact) mass is 642 g/mol. The first kappa shape index (κ1) is 48.0. The Morgan fingerprint density at radius 3 is 0.600 bits per heavy atom. The molecule has 10 heteroatoms. The third-order valence-corrected chi connectivity index (χ3v) is 12.4. The first-order chi connectivity index (χ1) is 18.2. The van der Waals surface area contributed by atoms with E-state index in [1.807, 2.05) is 20.8 Å². The van der Waals surface area contributed by atoms with Crippen molar-refractivity contribution < 1.29 is 28.4 Å². The molecule has 0 aromatic heterocycles. The zero-order chi connectivity index (χ0) is 31.0. The van der Waals surface area contributed by atoms with Crippen LogP contribution in [0, 0.1) is 0 Å². The van der Waals surface area contributed by atoms with E-state index in [1.165, 1.54) is 0 Å². The van der Waals surface area contributed by atoms with Crippen molar-refractivity contribution in [1.82, 2.24) is 0 Å². The summed E-state index contributed by atoms with van der Waals surface area (Å²) in [7, 11) is -7.85. The van der Waals surface area contributed by atoms with Gasteiger partial charge in [-0.3, -0.25) is 0 Å². The molecule has 0 spiro atoms. The molecule has 0 amide bonds. The molecule has 0 aromatic carbocycles. The van der Waals surface area contributed by atoms with Crippen LogP contribution >= 0.6 is 24.1 Å². The van der Waals surface area contributed by atoms with E-state index in [0.717, 1.165) is 116 Å². The van der Waals surface area contributed by atoms with Gasteiger partial charge in [-0.2, -0.15) is 0 Å². The number of hydrogen-bond acceptors (Lipinski definition) is 6. The summed E-state index contributed by atoms with van der Waals surface area (Å²) in [5.41, 5.74) is 0. The largest absolute Gasteiger partial charge is 3.00 e. The van der Waals surface area contributed by atoms with Crippen LogP contribution in [0.2, 0.25) is 0 Å². The van der Waals surface area contributed by atoms with Gasteiger partial charge in [-0.1, -0.05) is 139 Å². The van der Waals surface area contributed by atoms with Gasteiger partial charge in [0, 0.05) is 39.6 Å². The van der Waals surface area contributed by atoms with Crippen LogP contribution in [-0.2, 0) is 13.7 Å². The molecule has 0 heterocycles. The Morgan fingerprint density at radius 2 is 0.525 bits per heavy atom. The Bertz CT molecular complexity index is 539. The Hall–Kier alpha value is 1.10. The van der Waals surface area contributed by atoms with E-state index in [0.29, 0.717) is 0 Å². The minimum Gasteiger partial charge on any atom is -0.801 e. The Balaban J connectivity index is -0.000000240. The molecule has 0 saturated carbocycles. The van der Waals surface area contributed by atoms with Gasteiger partial charge in [0.15, 0.2) is 0 Å². The Morgan fingerprint density at radius 1 is 0.400 bits per heavy atom. The van der Waals surface area contributed by atoms with Crippen molar-refractivity contribution in [2.75, 3.05) is 0 Å². The number of hydrogen-bond donors (Lipinski definition) is 0. The maximum Gasteiger partial charge on any atom is 3.00 e. The standard InChI is InChI=1S/3C10H23O2P.Al/c3*1-4-6-8-10(3,13(11)12)9-7-5-2;/h3*13H,4-9H2,1-3H3,(H,11,12);/q;;;+3/p-3. The third kappa shape index (κ3) is 23.5. The molecule has 3 atom stereocenters. The van der Waals surface area contributed by atoms with Gasteiger partial charge in [-0.05, 0) is 38.5 Å². The molecule has 0 N–H and O–H groups in total. The number of rotatable bonds is 21. The molecular formula is C30H66AlO6P3. The predicted octanol–water partition coefficient (Wildman–Crippen LogP) is 8.50. The van der Waals surface area contributed by atoms with Gasteiger partial charge in [0.05, 0.1) is 0 Å². The van der Waals surface area contributed by atoms with Gasteiger partial charge in [-0.15, -0.1) is 0 Å². The van der Waals surface area contributed by atoms with Gasteiger partial charge in [0.1, 0.15) is 0 Å². The molecule has 6 nitrogen and oxygen atoms in total. The second-order valence-corrected chi connectivity index (χ2v) is 17.5. The predicted molar refractivity (Wildman–Crippen MR) is 175 cm³/mol. The summed E-state index contributed by atoms with van der Waals surface area (Å²) in [6.45, 7) is 18.3. The van der Waals surface area contributed by atoms with Gasteiger partial charge in [0.25, 0.3) is 0 Å². The molecule has 240 valence electrons. The summed E-state index contributed by atoms with van der Waals surface area (Å²) in [5.74, 6) is 0. The van der Waals surface area contributed by atoms with Crippen molar-refractivity contribution in [2.45, 2.75) is 193 Å². The average molecular weight is 643 g/mol. The maximum absolute atomic E-state index is 11.1. The van der Waals surface area contributed by atoms with Gasteiger partial charge in [0.2, 0.25) is 0 Å². The molecule has 0 aliphatic rings. The summed E-state index contributed by atoms with van der Waals surface area (Å²) in [6.07, 6.45) is 17.7. The molecule has 0 bridgehead atoms. The van der Waals surface area contributed by atoms with Crippen LogP contribution in [0.4, 0.5) is 0 Å².